The minimum Gasteiger partial charge on any atom is -0.491 e. The third-order valence-electron chi connectivity index (χ3n) is 3.06. The minimum absolute atomic E-state index is 0.0417. The Hall–Kier alpha value is -1.81. The number of carbonyl (C=O) groups excluding carboxylic acids is 1. The summed E-state index contributed by atoms with van der Waals surface area (Å²) < 4.78 is 5.81. The van der Waals surface area contributed by atoms with Gasteiger partial charge in [-0.3, -0.25) is 4.79 Å². The van der Waals surface area contributed by atoms with Crippen molar-refractivity contribution in [1.82, 2.24) is 5.32 Å². The first-order valence-electron chi connectivity index (χ1n) is 7.10. The third kappa shape index (κ3) is 4.08. The third-order valence-corrected chi connectivity index (χ3v) is 4.06. The van der Waals surface area contributed by atoms with Gasteiger partial charge in [0.15, 0.2) is 0 Å². The molecule has 0 spiro atoms. The van der Waals surface area contributed by atoms with Crippen LogP contribution in [0.3, 0.4) is 0 Å². The first kappa shape index (κ1) is 15.6. The number of thiophene rings is 1. The largest absolute Gasteiger partial charge is 0.491 e. The van der Waals surface area contributed by atoms with E-state index in [-0.39, 0.29) is 18.1 Å². The Morgan fingerprint density at radius 3 is 2.48 bits per heavy atom. The quantitative estimate of drug-likeness (QED) is 0.892. The van der Waals surface area contributed by atoms with Crippen molar-refractivity contribution in [2.45, 2.75) is 39.8 Å². The van der Waals surface area contributed by atoms with Crippen LogP contribution in [0.4, 0.5) is 0 Å². The van der Waals surface area contributed by atoms with Crippen molar-refractivity contribution in [3.05, 3.63) is 51.7 Å². The number of ether oxygens (including phenoxy) is 1. The zero-order valence-corrected chi connectivity index (χ0v) is 13.7. The highest BCUT2D eigenvalue weighted by Gasteiger charge is 2.16. The van der Waals surface area contributed by atoms with Crippen LogP contribution in [0.25, 0.3) is 0 Å². The van der Waals surface area contributed by atoms with Crippen LogP contribution in [-0.2, 0) is 0 Å². The van der Waals surface area contributed by atoms with Crippen LogP contribution < -0.4 is 10.1 Å². The van der Waals surface area contributed by atoms with Gasteiger partial charge in [0.2, 0.25) is 0 Å². The Labute approximate surface area is 130 Å². The molecule has 0 radical (unpaired) electrons. The van der Waals surface area contributed by atoms with Crippen LogP contribution >= 0.6 is 11.3 Å². The summed E-state index contributed by atoms with van der Waals surface area (Å²) in [5.41, 5.74) is 0.993. The monoisotopic (exact) mass is 303 g/mol. The van der Waals surface area contributed by atoms with E-state index >= 15 is 0 Å². The molecule has 3 nitrogen and oxygen atoms in total. The summed E-state index contributed by atoms with van der Waals surface area (Å²) in [6, 6.07) is 11.5. The second-order valence-corrected chi connectivity index (χ2v) is 6.60. The highest BCUT2D eigenvalue weighted by molar-refractivity contribution is 7.13. The highest BCUT2D eigenvalue weighted by atomic mass is 32.1. The van der Waals surface area contributed by atoms with Crippen LogP contribution in [0.15, 0.2) is 36.4 Å². The maximum atomic E-state index is 12.2. The van der Waals surface area contributed by atoms with E-state index in [1.54, 1.807) is 0 Å². The molecule has 0 aliphatic rings. The Morgan fingerprint density at radius 1 is 1.14 bits per heavy atom. The van der Waals surface area contributed by atoms with Crippen LogP contribution in [0, 0.1) is 6.92 Å². The summed E-state index contributed by atoms with van der Waals surface area (Å²) in [5, 5.41) is 3.03. The van der Waals surface area contributed by atoms with Crippen molar-refractivity contribution >= 4 is 17.2 Å². The predicted molar refractivity (Wildman–Crippen MR) is 87.1 cm³/mol. The summed E-state index contributed by atoms with van der Waals surface area (Å²) >= 11 is 1.50. The van der Waals surface area contributed by atoms with Crippen LogP contribution in [0.5, 0.6) is 5.75 Å². The fourth-order valence-corrected chi connectivity index (χ4v) is 2.87. The van der Waals surface area contributed by atoms with Crippen LogP contribution in [0.1, 0.15) is 46.9 Å². The maximum absolute atomic E-state index is 12.2. The highest BCUT2D eigenvalue weighted by Crippen LogP contribution is 2.26. The Bertz CT molecular complexity index is 619. The number of carbonyl (C=O) groups is 1. The smallest absolute Gasteiger partial charge is 0.261 e. The normalized spacial score (nSPS) is 12.2. The first-order chi connectivity index (χ1) is 9.97. The number of hydrogen-bond donors (Lipinski definition) is 1. The fourth-order valence-electron chi connectivity index (χ4n) is 2.10. The molecular weight excluding hydrogens is 282 g/mol. The minimum atomic E-state index is -0.102. The molecule has 1 unspecified atom stereocenters. The van der Waals surface area contributed by atoms with Crippen molar-refractivity contribution < 1.29 is 9.53 Å². The standard InChI is InChI=1S/C17H21NO2S/c1-11(2)20-15-8-6-5-7-14(15)13(4)18-17(19)16-10-9-12(3)21-16/h5-11,13H,1-4H3,(H,18,19). The number of aryl methyl sites for hydroxylation is 1. The molecule has 1 heterocycles. The average Bonchev–Trinajstić information content (AvgIpc) is 2.85. The van der Waals surface area contributed by atoms with Gasteiger partial charge in [0, 0.05) is 10.4 Å². The number of rotatable bonds is 5. The Morgan fingerprint density at radius 2 is 1.86 bits per heavy atom. The molecule has 0 saturated carbocycles. The van der Waals surface area contributed by atoms with Crippen molar-refractivity contribution in [2.75, 3.05) is 0 Å². The number of nitrogens with one attached hydrogen (secondary N) is 1. The van der Waals surface area contributed by atoms with E-state index < -0.39 is 0 Å². The molecular formula is C17H21NO2S. The summed E-state index contributed by atoms with van der Waals surface area (Å²) in [6.45, 7) is 7.96. The Kier molecular flexibility index (Phi) is 5.02. The topological polar surface area (TPSA) is 38.3 Å². The van der Waals surface area contributed by atoms with Gasteiger partial charge in [0.25, 0.3) is 5.91 Å². The molecule has 112 valence electrons. The van der Waals surface area contributed by atoms with Gasteiger partial charge >= 0.3 is 0 Å². The molecule has 0 aliphatic heterocycles. The number of benzene rings is 1. The maximum Gasteiger partial charge on any atom is 0.261 e. The van der Waals surface area contributed by atoms with Gasteiger partial charge in [-0.15, -0.1) is 11.3 Å². The number of amides is 1. The van der Waals surface area contributed by atoms with Gasteiger partial charge in [0.1, 0.15) is 5.75 Å². The molecule has 0 bridgehead atoms. The fraction of sp³-hybridized carbons (Fsp3) is 0.353. The zero-order valence-electron chi connectivity index (χ0n) is 12.8. The van der Waals surface area contributed by atoms with Crippen molar-refractivity contribution in [1.29, 1.82) is 0 Å². The second kappa shape index (κ2) is 6.76. The predicted octanol–water partition coefficient (Wildman–Crippen LogP) is 4.33. The zero-order chi connectivity index (χ0) is 15.4. The van der Waals surface area contributed by atoms with E-state index in [1.165, 1.54) is 11.3 Å². The molecule has 0 aliphatic carbocycles. The number of hydrogen-bond acceptors (Lipinski definition) is 3. The van der Waals surface area contributed by atoms with Gasteiger partial charge in [-0.2, -0.15) is 0 Å². The van der Waals surface area contributed by atoms with Crippen molar-refractivity contribution in [2.24, 2.45) is 0 Å². The van der Waals surface area contributed by atoms with Crippen molar-refractivity contribution in [3.8, 4) is 5.75 Å². The lowest BCUT2D eigenvalue weighted by atomic mass is 10.1. The molecule has 0 fully saturated rings. The molecule has 1 amide bonds. The molecule has 2 aromatic rings. The molecule has 2 rings (SSSR count). The summed E-state index contributed by atoms with van der Waals surface area (Å²) in [5.74, 6) is 0.780. The lowest BCUT2D eigenvalue weighted by Gasteiger charge is -2.19. The number of para-hydroxylation sites is 1. The molecule has 21 heavy (non-hydrogen) atoms. The van der Waals surface area contributed by atoms with Gasteiger partial charge < -0.3 is 10.1 Å². The molecule has 1 aromatic carbocycles. The van der Waals surface area contributed by atoms with Crippen LogP contribution in [0.2, 0.25) is 0 Å². The molecule has 1 atom stereocenters. The summed E-state index contributed by atoms with van der Waals surface area (Å²) in [6.07, 6.45) is 0.106. The van der Waals surface area contributed by atoms with E-state index in [4.69, 9.17) is 4.74 Å². The molecule has 1 aromatic heterocycles. The van der Waals surface area contributed by atoms with Gasteiger partial charge in [-0.25, -0.2) is 0 Å². The van der Waals surface area contributed by atoms with Gasteiger partial charge in [-0.1, -0.05) is 18.2 Å². The van der Waals surface area contributed by atoms with Gasteiger partial charge in [-0.05, 0) is 45.9 Å². The first-order valence-corrected chi connectivity index (χ1v) is 7.92. The van der Waals surface area contributed by atoms with E-state index in [0.717, 1.165) is 21.1 Å². The van der Waals surface area contributed by atoms with E-state index in [0.29, 0.717) is 0 Å². The lowest BCUT2D eigenvalue weighted by molar-refractivity contribution is 0.0943. The van der Waals surface area contributed by atoms with E-state index in [9.17, 15) is 4.79 Å². The van der Waals surface area contributed by atoms with E-state index in [1.807, 2.05) is 64.1 Å². The lowest BCUT2D eigenvalue weighted by Crippen LogP contribution is -2.26. The van der Waals surface area contributed by atoms with Crippen molar-refractivity contribution in [3.63, 3.8) is 0 Å². The average molecular weight is 303 g/mol. The molecule has 1 N–H and O–H groups in total. The van der Waals surface area contributed by atoms with E-state index in [2.05, 4.69) is 5.32 Å². The second-order valence-electron chi connectivity index (χ2n) is 5.31. The van der Waals surface area contributed by atoms with Gasteiger partial charge in [0.05, 0.1) is 17.0 Å². The summed E-state index contributed by atoms with van der Waals surface area (Å²) in [4.78, 5) is 14.1. The molecule has 4 heteroatoms. The SMILES string of the molecule is Cc1ccc(C(=O)NC(C)c2ccccc2OC(C)C)s1. The molecule has 0 saturated heterocycles. The summed E-state index contributed by atoms with van der Waals surface area (Å²) in [7, 11) is 0. The Balaban J connectivity index is 2.13. The van der Waals surface area contributed by atoms with Crippen LogP contribution in [-0.4, -0.2) is 12.0 Å².